The highest BCUT2D eigenvalue weighted by atomic mass is 15.3. The van der Waals surface area contributed by atoms with E-state index in [1.165, 1.54) is 11.1 Å². The molecule has 4 nitrogen and oxygen atoms in total. The molecule has 5 rings (SSSR count). The van der Waals surface area contributed by atoms with Crippen LogP contribution in [0.3, 0.4) is 0 Å². The lowest BCUT2D eigenvalue weighted by molar-refractivity contribution is 0.887. The van der Waals surface area contributed by atoms with E-state index in [-0.39, 0.29) is 0 Å². The summed E-state index contributed by atoms with van der Waals surface area (Å²) < 4.78 is 1.82. The van der Waals surface area contributed by atoms with Gasteiger partial charge in [0.2, 0.25) is 0 Å². The van der Waals surface area contributed by atoms with Gasteiger partial charge in [0.1, 0.15) is 12.7 Å². The van der Waals surface area contributed by atoms with Crippen LogP contribution in [0.15, 0.2) is 91.5 Å². The third-order valence-corrected chi connectivity index (χ3v) is 4.61. The Kier molecular flexibility index (Phi) is 3.39. The van der Waals surface area contributed by atoms with Gasteiger partial charge in [0.05, 0.1) is 11.4 Å². The number of aromatic nitrogens is 4. The third kappa shape index (κ3) is 2.40. The molecule has 0 bridgehead atoms. The first-order valence-corrected chi connectivity index (χ1v) is 8.52. The number of benzene rings is 3. The largest absolute Gasteiger partial charge is 0.353 e. The second-order valence-corrected chi connectivity index (χ2v) is 6.18. The van der Waals surface area contributed by atoms with Gasteiger partial charge in [-0.05, 0) is 17.2 Å². The van der Waals surface area contributed by atoms with Crippen molar-refractivity contribution in [1.82, 2.24) is 19.7 Å². The van der Waals surface area contributed by atoms with E-state index in [2.05, 4.69) is 75.7 Å². The first kappa shape index (κ1) is 14.7. The molecule has 3 aromatic carbocycles. The van der Waals surface area contributed by atoms with Crippen molar-refractivity contribution in [2.24, 2.45) is 0 Å². The summed E-state index contributed by atoms with van der Waals surface area (Å²) in [6.45, 7) is 0. The topological polar surface area (TPSA) is 46.5 Å². The Hall–Kier alpha value is -3.66. The number of H-pyrrole nitrogens is 1. The summed E-state index contributed by atoms with van der Waals surface area (Å²) in [7, 11) is 0. The summed E-state index contributed by atoms with van der Waals surface area (Å²) in [6, 6.07) is 27.3. The molecule has 0 spiro atoms. The fraction of sp³-hybridized carbons (Fsp3) is 0. The number of nitrogens with zero attached hydrogens (tertiary/aromatic N) is 3. The molecule has 124 valence electrons. The number of fused-ring (bicyclic) bond motifs is 1. The lowest BCUT2D eigenvalue weighted by Gasteiger charge is -2.07. The number of aromatic amines is 1. The van der Waals surface area contributed by atoms with E-state index in [0.29, 0.717) is 0 Å². The van der Waals surface area contributed by atoms with E-state index in [0.717, 1.165) is 27.8 Å². The van der Waals surface area contributed by atoms with Crippen LogP contribution in [0.1, 0.15) is 0 Å². The van der Waals surface area contributed by atoms with E-state index < -0.39 is 0 Å². The van der Waals surface area contributed by atoms with E-state index in [1.54, 1.807) is 12.7 Å². The molecule has 0 fully saturated rings. The van der Waals surface area contributed by atoms with Crippen LogP contribution in [-0.2, 0) is 0 Å². The molecule has 0 aliphatic carbocycles. The van der Waals surface area contributed by atoms with Gasteiger partial charge in [-0.15, -0.1) is 0 Å². The van der Waals surface area contributed by atoms with Gasteiger partial charge in [-0.2, -0.15) is 5.10 Å². The molecule has 0 aliphatic heterocycles. The van der Waals surface area contributed by atoms with E-state index in [1.807, 2.05) is 22.9 Å². The normalized spacial score (nSPS) is 11.1. The van der Waals surface area contributed by atoms with Crippen molar-refractivity contribution in [1.29, 1.82) is 0 Å². The minimum atomic E-state index is 1.02. The molecule has 0 amide bonds. The highest BCUT2D eigenvalue weighted by Crippen LogP contribution is 2.33. The second kappa shape index (κ2) is 6.01. The van der Waals surface area contributed by atoms with Gasteiger partial charge in [0.15, 0.2) is 0 Å². The predicted molar refractivity (Wildman–Crippen MR) is 104 cm³/mol. The zero-order valence-electron chi connectivity index (χ0n) is 14.0. The highest BCUT2D eigenvalue weighted by Gasteiger charge is 2.15. The van der Waals surface area contributed by atoms with Crippen LogP contribution < -0.4 is 0 Å². The molecule has 0 radical (unpaired) electrons. The highest BCUT2D eigenvalue weighted by molar-refractivity contribution is 5.96. The minimum absolute atomic E-state index is 1.02. The molecular weight excluding hydrogens is 320 g/mol. The molecule has 1 N–H and O–H groups in total. The van der Waals surface area contributed by atoms with Crippen molar-refractivity contribution < 1.29 is 0 Å². The molecule has 4 heteroatoms. The first-order chi connectivity index (χ1) is 12.9. The molecule has 0 unspecified atom stereocenters. The van der Waals surface area contributed by atoms with Gasteiger partial charge >= 0.3 is 0 Å². The van der Waals surface area contributed by atoms with Gasteiger partial charge in [-0.25, -0.2) is 9.67 Å². The van der Waals surface area contributed by atoms with E-state index in [9.17, 15) is 0 Å². The zero-order chi connectivity index (χ0) is 17.3. The Labute approximate surface area is 150 Å². The molecule has 5 aromatic rings. The summed E-state index contributed by atoms with van der Waals surface area (Å²) in [5, 5.41) is 5.47. The zero-order valence-corrected chi connectivity index (χ0v) is 14.0. The maximum Gasteiger partial charge on any atom is 0.138 e. The monoisotopic (exact) mass is 336 g/mol. The number of para-hydroxylation sites is 1. The Bertz CT molecular complexity index is 1150. The van der Waals surface area contributed by atoms with E-state index in [4.69, 9.17) is 0 Å². The summed E-state index contributed by atoms with van der Waals surface area (Å²) in [6.07, 6.45) is 3.29. The van der Waals surface area contributed by atoms with Crippen LogP contribution in [0.25, 0.3) is 39.0 Å². The van der Waals surface area contributed by atoms with Crippen molar-refractivity contribution in [3.8, 4) is 28.1 Å². The molecule has 2 heterocycles. The average molecular weight is 336 g/mol. The molecule has 0 saturated heterocycles. The summed E-state index contributed by atoms with van der Waals surface area (Å²) in [4.78, 5) is 7.65. The molecule has 0 atom stereocenters. The van der Waals surface area contributed by atoms with E-state index >= 15 is 0 Å². The van der Waals surface area contributed by atoms with Crippen LogP contribution in [-0.4, -0.2) is 19.7 Å². The summed E-state index contributed by atoms with van der Waals surface area (Å²) in [5.41, 5.74) is 6.67. The first-order valence-electron chi connectivity index (χ1n) is 8.52. The van der Waals surface area contributed by atoms with Crippen LogP contribution in [0.4, 0.5) is 0 Å². The van der Waals surface area contributed by atoms with Gasteiger partial charge in [-0.1, -0.05) is 72.8 Å². The lowest BCUT2D eigenvalue weighted by atomic mass is 10.0. The molecule has 2 aromatic heterocycles. The van der Waals surface area contributed by atoms with Gasteiger partial charge < -0.3 is 4.98 Å². The maximum atomic E-state index is 4.35. The summed E-state index contributed by atoms with van der Waals surface area (Å²) >= 11 is 0. The van der Waals surface area contributed by atoms with Crippen molar-refractivity contribution in [2.45, 2.75) is 0 Å². The quantitative estimate of drug-likeness (QED) is 0.499. The number of rotatable bonds is 3. The minimum Gasteiger partial charge on any atom is -0.353 e. The average Bonchev–Trinajstić information content (AvgIpc) is 3.36. The Morgan fingerprint density at radius 2 is 1.38 bits per heavy atom. The Morgan fingerprint density at radius 1 is 0.692 bits per heavy atom. The third-order valence-electron chi connectivity index (χ3n) is 4.61. The van der Waals surface area contributed by atoms with Crippen molar-refractivity contribution in [3.63, 3.8) is 0 Å². The molecule has 0 aliphatic rings. The summed E-state index contributed by atoms with van der Waals surface area (Å²) in [5.74, 6) is 0. The number of hydrogen-bond acceptors (Lipinski definition) is 2. The smallest absolute Gasteiger partial charge is 0.138 e. The number of hydrogen-bond donors (Lipinski definition) is 1. The molecular formula is C22H16N4. The second-order valence-electron chi connectivity index (χ2n) is 6.18. The standard InChI is InChI=1S/C22H16N4/c1-2-6-16(7-3-1)17-10-12-18(13-11-17)21-22(26-15-23-14-24-26)19-8-4-5-9-20(19)25-21/h1-15,25H. The Balaban J connectivity index is 1.67. The molecule has 26 heavy (non-hydrogen) atoms. The predicted octanol–water partition coefficient (Wildman–Crippen LogP) is 5.08. The van der Waals surface area contributed by atoms with Gasteiger partial charge in [0, 0.05) is 16.5 Å². The van der Waals surface area contributed by atoms with Crippen LogP contribution >= 0.6 is 0 Å². The van der Waals surface area contributed by atoms with Crippen molar-refractivity contribution in [3.05, 3.63) is 91.5 Å². The SMILES string of the molecule is c1ccc(-c2ccc(-c3[nH]c4ccccc4c3-n3cncn3)cc2)cc1. The van der Waals surface area contributed by atoms with Crippen LogP contribution in [0.2, 0.25) is 0 Å². The lowest BCUT2D eigenvalue weighted by Crippen LogP contribution is -1.96. The van der Waals surface area contributed by atoms with Crippen molar-refractivity contribution in [2.75, 3.05) is 0 Å². The Morgan fingerprint density at radius 3 is 2.15 bits per heavy atom. The van der Waals surface area contributed by atoms with Crippen LogP contribution in [0, 0.1) is 0 Å². The number of nitrogens with one attached hydrogen (secondary N) is 1. The van der Waals surface area contributed by atoms with Crippen LogP contribution in [0.5, 0.6) is 0 Å². The maximum absolute atomic E-state index is 4.35. The van der Waals surface area contributed by atoms with Gasteiger partial charge in [0.25, 0.3) is 0 Å². The van der Waals surface area contributed by atoms with Gasteiger partial charge in [-0.3, -0.25) is 0 Å². The van der Waals surface area contributed by atoms with Crippen molar-refractivity contribution >= 4 is 10.9 Å². The molecule has 0 saturated carbocycles. The fourth-order valence-electron chi connectivity index (χ4n) is 3.36. The fourth-order valence-corrected chi connectivity index (χ4v) is 3.36.